The van der Waals surface area contributed by atoms with Crippen LogP contribution in [0.1, 0.15) is 35.9 Å². The average Bonchev–Trinajstić information content (AvgIpc) is 2.47. The topological polar surface area (TPSA) is 35.5 Å². The first-order valence-electron chi connectivity index (χ1n) is 6.52. The molecule has 2 aromatic rings. The lowest BCUT2D eigenvalue weighted by Gasteiger charge is -2.16. The summed E-state index contributed by atoms with van der Waals surface area (Å²) in [5.41, 5.74) is 1.71. The minimum atomic E-state index is -0.0943. The van der Waals surface area contributed by atoms with Crippen LogP contribution in [0.4, 0.5) is 0 Å². The fourth-order valence-corrected chi connectivity index (χ4v) is 1.94. The molecule has 0 radical (unpaired) electrons. The zero-order valence-corrected chi connectivity index (χ0v) is 11.9. The number of carbonyl (C=O) groups is 1. The van der Waals surface area contributed by atoms with Crippen LogP contribution >= 0.6 is 0 Å². The summed E-state index contributed by atoms with van der Waals surface area (Å²) in [6.45, 7) is 3.52. The van der Waals surface area contributed by atoms with Crippen molar-refractivity contribution >= 4 is 5.78 Å². The van der Waals surface area contributed by atoms with Gasteiger partial charge in [-0.25, -0.2) is 0 Å². The van der Waals surface area contributed by atoms with E-state index in [1.807, 2.05) is 43.3 Å². The molecule has 0 amide bonds. The van der Waals surface area contributed by atoms with Gasteiger partial charge in [0.05, 0.1) is 7.11 Å². The Kier molecular flexibility index (Phi) is 4.41. The minimum Gasteiger partial charge on any atom is -0.497 e. The summed E-state index contributed by atoms with van der Waals surface area (Å²) in [7, 11) is 1.64. The summed E-state index contributed by atoms with van der Waals surface area (Å²) in [6.07, 6.45) is -0.0943. The predicted octanol–water partition coefficient (Wildman–Crippen LogP) is 4.04. The van der Waals surface area contributed by atoms with E-state index in [9.17, 15) is 4.79 Å². The lowest BCUT2D eigenvalue weighted by Crippen LogP contribution is -2.03. The van der Waals surface area contributed by atoms with E-state index in [1.165, 1.54) is 0 Å². The van der Waals surface area contributed by atoms with Crippen molar-refractivity contribution in [3.05, 3.63) is 59.7 Å². The Labute approximate surface area is 119 Å². The van der Waals surface area contributed by atoms with Crippen LogP contribution in [-0.4, -0.2) is 12.9 Å². The molecule has 0 spiro atoms. The summed E-state index contributed by atoms with van der Waals surface area (Å²) >= 11 is 0. The van der Waals surface area contributed by atoms with Crippen LogP contribution in [0.3, 0.4) is 0 Å². The summed E-state index contributed by atoms with van der Waals surface area (Å²) in [5, 5.41) is 0. The van der Waals surface area contributed by atoms with Gasteiger partial charge in [0.25, 0.3) is 0 Å². The molecule has 0 saturated carbocycles. The standard InChI is InChI=1S/C17H18O3/c1-12(18)15-5-4-6-17(11-15)20-13(2)14-7-9-16(19-3)10-8-14/h4-11,13H,1-3H3. The van der Waals surface area contributed by atoms with Gasteiger partial charge >= 0.3 is 0 Å². The van der Waals surface area contributed by atoms with Gasteiger partial charge in [-0.05, 0) is 43.7 Å². The van der Waals surface area contributed by atoms with Crippen LogP contribution in [0, 0.1) is 0 Å². The molecule has 1 unspecified atom stereocenters. The maximum Gasteiger partial charge on any atom is 0.159 e. The van der Waals surface area contributed by atoms with Gasteiger partial charge in [0.2, 0.25) is 0 Å². The van der Waals surface area contributed by atoms with Gasteiger partial charge in [-0.3, -0.25) is 4.79 Å². The molecule has 0 heterocycles. The number of Topliss-reactive ketones (excluding diaryl/α,β-unsaturated/α-hetero) is 1. The van der Waals surface area contributed by atoms with Crippen molar-refractivity contribution in [1.82, 2.24) is 0 Å². The maximum atomic E-state index is 11.4. The fraction of sp³-hybridized carbons (Fsp3) is 0.235. The zero-order valence-electron chi connectivity index (χ0n) is 11.9. The van der Waals surface area contributed by atoms with Crippen molar-refractivity contribution in [2.45, 2.75) is 20.0 Å². The van der Waals surface area contributed by atoms with Crippen molar-refractivity contribution in [2.24, 2.45) is 0 Å². The van der Waals surface area contributed by atoms with E-state index in [0.717, 1.165) is 11.3 Å². The van der Waals surface area contributed by atoms with Crippen molar-refractivity contribution in [3.8, 4) is 11.5 Å². The number of hydrogen-bond acceptors (Lipinski definition) is 3. The largest absolute Gasteiger partial charge is 0.497 e. The normalized spacial score (nSPS) is 11.8. The van der Waals surface area contributed by atoms with Crippen molar-refractivity contribution < 1.29 is 14.3 Å². The molecule has 3 nitrogen and oxygen atoms in total. The Bertz CT molecular complexity index is 587. The van der Waals surface area contributed by atoms with Crippen molar-refractivity contribution in [2.75, 3.05) is 7.11 Å². The lowest BCUT2D eigenvalue weighted by molar-refractivity contribution is 0.101. The maximum absolute atomic E-state index is 11.4. The van der Waals surface area contributed by atoms with Gasteiger partial charge in [-0.2, -0.15) is 0 Å². The zero-order chi connectivity index (χ0) is 14.5. The lowest BCUT2D eigenvalue weighted by atomic mass is 10.1. The molecule has 0 aromatic heterocycles. The van der Waals surface area contributed by atoms with Crippen LogP contribution < -0.4 is 9.47 Å². The molecule has 0 fully saturated rings. The van der Waals surface area contributed by atoms with Gasteiger partial charge in [0.1, 0.15) is 17.6 Å². The molecule has 20 heavy (non-hydrogen) atoms. The number of carbonyl (C=O) groups excluding carboxylic acids is 1. The predicted molar refractivity (Wildman–Crippen MR) is 78.5 cm³/mol. The van der Waals surface area contributed by atoms with E-state index < -0.39 is 0 Å². The molecule has 0 bridgehead atoms. The number of benzene rings is 2. The molecule has 104 valence electrons. The molecule has 0 aliphatic heterocycles. The Morgan fingerprint density at radius 3 is 2.35 bits per heavy atom. The van der Waals surface area contributed by atoms with Crippen LogP contribution in [0.5, 0.6) is 11.5 Å². The summed E-state index contributed by atoms with van der Waals surface area (Å²) in [5.74, 6) is 1.55. The first-order valence-corrected chi connectivity index (χ1v) is 6.52. The molecule has 2 aromatic carbocycles. The molecular weight excluding hydrogens is 252 g/mol. The Morgan fingerprint density at radius 1 is 1.05 bits per heavy atom. The molecule has 1 atom stereocenters. The highest BCUT2D eigenvalue weighted by atomic mass is 16.5. The SMILES string of the molecule is COc1ccc(C(C)Oc2cccc(C(C)=O)c2)cc1. The van der Waals surface area contributed by atoms with E-state index in [1.54, 1.807) is 26.2 Å². The van der Waals surface area contributed by atoms with Crippen LogP contribution in [-0.2, 0) is 0 Å². The van der Waals surface area contributed by atoms with E-state index in [2.05, 4.69) is 0 Å². The highest BCUT2D eigenvalue weighted by molar-refractivity contribution is 5.94. The second-order valence-corrected chi connectivity index (χ2v) is 4.62. The van der Waals surface area contributed by atoms with E-state index in [0.29, 0.717) is 11.3 Å². The molecule has 0 N–H and O–H groups in total. The minimum absolute atomic E-state index is 0.0348. The highest BCUT2D eigenvalue weighted by Gasteiger charge is 2.08. The van der Waals surface area contributed by atoms with Gasteiger partial charge in [-0.15, -0.1) is 0 Å². The van der Waals surface area contributed by atoms with Crippen LogP contribution in [0.25, 0.3) is 0 Å². The third-order valence-electron chi connectivity index (χ3n) is 3.14. The Balaban J connectivity index is 2.12. The summed E-state index contributed by atoms with van der Waals surface area (Å²) < 4.78 is 11.0. The molecule has 0 saturated heterocycles. The van der Waals surface area contributed by atoms with Gasteiger partial charge in [0.15, 0.2) is 5.78 Å². The van der Waals surface area contributed by atoms with Gasteiger partial charge in [0, 0.05) is 5.56 Å². The quantitative estimate of drug-likeness (QED) is 0.769. The monoisotopic (exact) mass is 270 g/mol. The van der Waals surface area contributed by atoms with Crippen molar-refractivity contribution in [3.63, 3.8) is 0 Å². The van der Waals surface area contributed by atoms with E-state index >= 15 is 0 Å². The smallest absolute Gasteiger partial charge is 0.159 e. The number of rotatable bonds is 5. The molecule has 0 aliphatic rings. The third-order valence-corrected chi connectivity index (χ3v) is 3.14. The molecule has 2 rings (SSSR count). The third kappa shape index (κ3) is 3.38. The number of ether oxygens (including phenoxy) is 2. The highest BCUT2D eigenvalue weighted by Crippen LogP contribution is 2.24. The van der Waals surface area contributed by atoms with Crippen molar-refractivity contribution in [1.29, 1.82) is 0 Å². The second-order valence-electron chi connectivity index (χ2n) is 4.62. The summed E-state index contributed by atoms with van der Waals surface area (Å²) in [4.78, 5) is 11.4. The van der Waals surface area contributed by atoms with Gasteiger partial charge < -0.3 is 9.47 Å². The number of ketones is 1. The van der Waals surface area contributed by atoms with Crippen LogP contribution in [0.15, 0.2) is 48.5 Å². The van der Waals surface area contributed by atoms with Crippen LogP contribution in [0.2, 0.25) is 0 Å². The fourth-order valence-electron chi connectivity index (χ4n) is 1.94. The first-order chi connectivity index (χ1) is 9.60. The number of methoxy groups -OCH3 is 1. The van der Waals surface area contributed by atoms with Gasteiger partial charge in [-0.1, -0.05) is 24.3 Å². The Hall–Kier alpha value is -2.29. The van der Waals surface area contributed by atoms with E-state index in [4.69, 9.17) is 9.47 Å². The summed E-state index contributed by atoms with van der Waals surface area (Å²) in [6, 6.07) is 15.0. The average molecular weight is 270 g/mol. The molecule has 3 heteroatoms. The van der Waals surface area contributed by atoms with E-state index in [-0.39, 0.29) is 11.9 Å². The molecular formula is C17H18O3. The molecule has 0 aliphatic carbocycles. The second kappa shape index (κ2) is 6.24. The number of hydrogen-bond donors (Lipinski definition) is 0. The Morgan fingerprint density at radius 2 is 1.75 bits per heavy atom. The first kappa shape index (κ1) is 14.1.